The molecule has 72 valence electrons. The topological polar surface area (TPSA) is 44.5 Å². The van der Waals surface area contributed by atoms with E-state index in [9.17, 15) is 0 Å². The van der Waals surface area contributed by atoms with Crippen molar-refractivity contribution in [1.29, 1.82) is 0 Å². The second kappa shape index (κ2) is 4.94. The highest BCUT2D eigenvalue weighted by molar-refractivity contribution is 6.32. The Morgan fingerprint density at radius 3 is 2.77 bits per heavy atom. The summed E-state index contributed by atoms with van der Waals surface area (Å²) in [4.78, 5) is 0. The molecule has 0 radical (unpaired) electrons. The highest BCUT2D eigenvalue weighted by atomic mass is 35.5. The number of ether oxygens (including phenoxy) is 2. The molecule has 0 unspecified atom stereocenters. The first-order chi connectivity index (χ1) is 6.27. The van der Waals surface area contributed by atoms with E-state index < -0.39 is 0 Å². The lowest BCUT2D eigenvalue weighted by Crippen LogP contribution is -2.10. The zero-order chi connectivity index (χ0) is 9.68. The smallest absolute Gasteiger partial charge is 0.137 e. The molecule has 0 atom stereocenters. The van der Waals surface area contributed by atoms with Gasteiger partial charge >= 0.3 is 0 Å². The van der Waals surface area contributed by atoms with Crippen LogP contribution in [0.25, 0.3) is 0 Å². The van der Waals surface area contributed by atoms with Crippen molar-refractivity contribution in [3.05, 3.63) is 23.2 Å². The van der Waals surface area contributed by atoms with Crippen LogP contribution < -0.4 is 15.2 Å². The van der Waals surface area contributed by atoms with Crippen molar-refractivity contribution in [2.45, 2.75) is 0 Å². The molecule has 13 heavy (non-hydrogen) atoms. The Hall–Kier alpha value is -0.930. The van der Waals surface area contributed by atoms with Gasteiger partial charge in [0, 0.05) is 12.6 Å². The lowest BCUT2D eigenvalue weighted by atomic mass is 10.3. The molecule has 0 aliphatic carbocycles. The fraction of sp³-hybridized carbons (Fsp3) is 0.333. The van der Waals surface area contributed by atoms with E-state index in [1.54, 1.807) is 25.3 Å². The van der Waals surface area contributed by atoms with E-state index in [2.05, 4.69) is 0 Å². The summed E-state index contributed by atoms with van der Waals surface area (Å²) < 4.78 is 10.3. The maximum absolute atomic E-state index is 5.87. The molecule has 1 rings (SSSR count). The van der Waals surface area contributed by atoms with E-state index >= 15 is 0 Å². The molecule has 0 heterocycles. The van der Waals surface area contributed by atoms with Crippen molar-refractivity contribution in [2.24, 2.45) is 5.73 Å². The number of benzene rings is 1. The Bertz CT molecular complexity index is 278. The molecule has 0 saturated carbocycles. The van der Waals surface area contributed by atoms with Crippen LogP contribution in [0.15, 0.2) is 18.2 Å². The molecule has 0 fully saturated rings. The van der Waals surface area contributed by atoms with Gasteiger partial charge in [0.15, 0.2) is 0 Å². The number of rotatable bonds is 4. The molecule has 0 aliphatic rings. The predicted octanol–water partition coefficient (Wildman–Crippen LogP) is 1.69. The van der Waals surface area contributed by atoms with Crippen molar-refractivity contribution in [1.82, 2.24) is 0 Å². The first-order valence-electron chi connectivity index (χ1n) is 3.94. The number of hydrogen-bond donors (Lipinski definition) is 1. The first-order valence-corrected chi connectivity index (χ1v) is 4.32. The van der Waals surface area contributed by atoms with Crippen LogP contribution in [0.5, 0.6) is 11.5 Å². The largest absolute Gasteiger partial charge is 0.495 e. The Balaban J connectivity index is 2.71. The minimum absolute atomic E-state index is 0.489. The number of nitrogens with two attached hydrogens (primary N) is 1. The van der Waals surface area contributed by atoms with E-state index in [-0.39, 0.29) is 0 Å². The van der Waals surface area contributed by atoms with Crippen molar-refractivity contribution in [3.63, 3.8) is 0 Å². The van der Waals surface area contributed by atoms with E-state index in [1.165, 1.54) is 0 Å². The van der Waals surface area contributed by atoms with E-state index in [1.807, 2.05) is 0 Å². The summed E-state index contributed by atoms with van der Waals surface area (Å²) in [6, 6.07) is 5.25. The van der Waals surface area contributed by atoms with Crippen LogP contribution >= 0.6 is 11.6 Å². The lowest BCUT2D eigenvalue weighted by Gasteiger charge is -2.07. The van der Waals surface area contributed by atoms with Gasteiger partial charge in [0.05, 0.1) is 12.1 Å². The molecule has 0 amide bonds. The van der Waals surface area contributed by atoms with Crippen molar-refractivity contribution >= 4 is 11.6 Å². The zero-order valence-corrected chi connectivity index (χ0v) is 8.17. The van der Waals surface area contributed by atoms with Gasteiger partial charge in [0.2, 0.25) is 0 Å². The Labute approximate surface area is 82.4 Å². The van der Waals surface area contributed by atoms with E-state index in [0.717, 1.165) is 0 Å². The molecule has 0 spiro atoms. The molecule has 2 N–H and O–H groups in total. The summed E-state index contributed by atoms with van der Waals surface area (Å²) in [6.45, 7) is 0.978. The number of halogens is 1. The van der Waals surface area contributed by atoms with Crippen LogP contribution in [0.2, 0.25) is 5.02 Å². The standard InChI is InChI=1S/C9H12ClNO2/c1-12-9-3-2-7(6-8(9)10)13-5-4-11/h2-3,6H,4-5,11H2,1H3. The molecule has 0 aliphatic heterocycles. The van der Waals surface area contributed by atoms with Gasteiger partial charge in [-0.25, -0.2) is 0 Å². The second-order valence-electron chi connectivity index (χ2n) is 2.43. The van der Waals surface area contributed by atoms with Gasteiger partial charge in [-0.15, -0.1) is 0 Å². The Morgan fingerprint density at radius 1 is 1.46 bits per heavy atom. The summed E-state index contributed by atoms with van der Waals surface area (Å²) >= 11 is 5.87. The summed E-state index contributed by atoms with van der Waals surface area (Å²) in [5.74, 6) is 1.35. The van der Waals surface area contributed by atoms with Crippen molar-refractivity contribution < 1.29 is 9.47 Å². The monoisotopic (exact) mass is 201 g/mol. The maximum Gasteiger partial charge on any atom is 0.137 e. The van der Waals surface area contributed by atoms with E-state index in [4.69, 9.17) is 26.8 Å². The van der Waals surface area contributed by atoms with Crippen molar-refractivity contribution in [3.8, 4) is 11.5 Å². The minimum atomic E-state index is 0.489. The summed E-state index contributed by atoms with van der Waals surface area (Å²) in [5.41, 5.74) is 5.29. The SMILES string of the molecule is COc1ccc(OCCN)cc1Cl. The third kappa shape index (κ3) is 2.79. The molecule has 3 nitrogen and oxygen atoms in total. The van der Waals surface area contributed by atoms with Crippen LogP contribution in [0, 0.1) is 0 Å². The van der Waals surface area contributed by atoms with Crippen LogP contribution in [0.3, 0.4) is 0 Å². The van der Waals surface area contributed by atoms with Gasteiger partial charge in [-0.1, -0.05) is 11.6 Å². The molecule has 1 aromatic carbocycles. The van der Waals surface area contributed by atoms with Gasteiger partial charge in [-0.05, 0) is 12.1 Å². The Morgan fingerprint density at radius 2 is 2.23 bits per heavy atom. The zero-order valence-electron chi connectivity index (χ0n) is 7.42. The maximum atomic E-state index is 5.87. The highest BCUT2D eigenvalue weighted by Crippen LogP contribution is 2.28. The van der Waals surface area contributed by atoms with Crippen LogP contribution in [0.4, 0.5) is 0 Å². The summed E-state index contributed by atoms with van der Waals surface area (Å²) in [6.07, 6.45) is 0. The third-order valence-corrected chi connectivity index (χ3v) is 1.81. The molecular formula is C9H12ClNO2. The molecule has 4 heteroatoms. The average molecular weight is 202 g/mol. The molecular weight excluding hydrogens is 190 g/mol. The molecule has 0 aromatic heterocycles. The molecule has 0 saturated heterocycles. The van der Waals surface area contributed by atoms with Gasteiger partial charge in [-0.2, -0.15) is 0 Å². The summed E-state index contributed by atoms with van der Waals surface area (Å²) in [5, 5.41) is 0.539. The number of hydrogen-bond acceptors (Lipinski definition) is 3. The second-order valence-corrected chi connectivity index (χ2v) is 2.84. The average Bonchev–Trinajstić information content (AvgIpc) is 2.15. The van der Waals surface area contributed by atoms with Gasteiger partial charge < -0.3 is 15.2 Å². The van der Waals surface area contributed by atoms with Crippen LogP contribution in [-0.4, -0.2) is 20.3 Å². The predicted molar refractivity (Wildman–Crippen MR) is 52.6 cm³/mol. The Kier molecular flexibility index (Phi) is 3.86. The normalized spacial score (nSPS) is 9.77. The fourth-order valence-corrected chi connectivity index (χ4v) is 1.16. The highest BCUT2D eigenvalue weighted by Gasteiger charge is 2.01. The van der Waals surface area contributed by atoms with Gasteiger partial charge in [-0.3, -0.25) is 0 Å². The summed E-state index contributed by atoms with van der Waals surface area (Å²) in [7, 11) is 1.57. The fourth-order valence-electron chi connectivity index (χ4n) is 0.914. The van der Waals surface area contributed by atoms with Gasteiger partial charge in [0.1, 0.15) is 18.1 Å². The van der Waals surface area contributed by atoms with Crippen molar-refractivity contribution in [2.75, 3.05) is 20.3 Å². The lowest BCUT2D eigenvalue weighted by molar-refractivity contribution is 0.327. The van der Waals surface area contributed by atoms with Crippen LogP contribution in [-0.2, 0) is 0 Å². The number of methoxy groups -OCH3 is 1. The van der Waals surface area contributed by atoms with Gasteiger partial charge in [0.25, 0.3) is 0 Å². The molecule has 1 aromatic rings. The quantitative estimate of drug-likeness (QED) is 0.806. The molecule has 0 bridgehead atoms. The first kappa shape index (κ1) is 10.2. The van der Waals surface area contributed by atoms with Crippen LogP contribution in [0.1, 0.15) is 0 Å². The third-order valence-electron chi connectivity index (χ3n) is 1.51. The van der Waals surface area contributed by atoms with E-state index in [0.29, 0.717) is 29.7 Å². The minimum Gasteiger partial charge on any atom is -0.495 e.